The minimum absolute atomic E-state index is 0.0151. The first kappa shape index (κ1) is 11.8. The van der Waals surface area contributed by atoms with E-state index in [1.807, 2.05) is 6.92 Å². The summed E-state index contributed by atoms with van der Waals surface area (Å²) in [6.45, 7) is 1.82. The Kier molecular flexibility index (Phi) is 3.09. The normalized spacial score (nSPS) is 10.1. The molecule has 1 heterocycles. The molecule has 2 aromatic rings. The first-order valence-electron chi connectivity index (χ1n) is 5.14. The van der Waals surface area contributed by atoms with E-state index < -0.39 is 4.92 Å². The Bertz CT molecular complexity index is 608. The number of aromatic nitrogens is 2. The molecule has 90 valence electrons. The number of carbonyl (C=O) groups is 1. The molecule has 0 atom stereocenters. The molecule has 0 spiro atoms. The van der Waals surface area contributed by atoms with Crippen LogP contribution in [0.15, 0.2) is 30.6 Å². The predicted octanol–water partition coefficient (Wildman–Crippen LogP) is 2.17. The van der Waals surface area contributed by atoms with Crippen LogP contribution in [0.3, 0.4) is 0 Å². The molecule has 0 unspecified atom stereocenters. The fourth-order valence-corrected chi connectivity index (χ4v) is 1.50. The quantitative estimate of drug-likeness (QED) is 0.468. The monoisotopic (exact) mass is 243 g/mol. The fraction of sp³-hybridized carbons (Fsp3) is 0.0833. The Labute approximate surface area is 102 Å². The van der Waals surface area contributed by atoms with Crippen LogP contribution in [0.1, 0.15) is 15.9 Å². The molecule has 0 amide bonds. The first-order valence-corrected chi connectivity index (χ1v) is 5.14. The Balaban J connectivity index is 2.51. The van der Waals surface area contributed by atoms with E-state index in [2.05, 4.69) is 9.97 Å². The van der Waals surface area contributed by atoms with Gasteiger partial charge in [-0.15, -0.1) is 0 Å². The number of carbonyl (C=O) groups excluding carboxylic acids is 1. The van der Waals surface area contributed by atoms with E-state index in [1.54, 1.807) is 6.07 Å². The molecule has 0 aliphatic heterocycles. The third kappa shape index (κ3) is 2.22. The highest BCUT2D eigenvalue weighted by molar-refractivity contribution is 5.74. The number of nitro groups is 1. The maximum absolute atomic E-state index is 10.7. The number of benzene rings is 1. The van der Waals surface area contributed by atoms with Crippen LogP contribution in [0.4, 0.5) is 5.69 Å². The van der Waals surface area contributed by atoms with Gasteiger partial charge >= 0.3 is 0 Å². The number of aryl methyl sites for hydroxylation is 1. The molecule has 0 fully saturated rings. The van der Waals surface area contributed by atoms with Crippen molar-refractivity contribution in [2.75, 3.05) is 0 Å². The minimum Gasteiger partial charge on any atom is -0.298 e. The molecule has 0 bridgehead atoms. The summed E-state index contributed by atoms with van der Waals surface area (Å²) < 4.78 is 0. The van der Waals surface area contributed by atoms with Gasteiger partial charge in [0, 0.05) is 30.1 Å². The first-order chi connectivity index (χ1) is 8.61. The van der Waals surface area contributed by atoms with Crippen molar-refractivity contribution in [1.29, 1.82) is 0 Å². The van der Waals surface area contributed by atoms with Crippen molar-refractivity contribution in [3.63, 3.8) is 0 Å². The minimum atomic E-state index is -0.470. The molecule has 18 heavy (non-hydrogen) atoms. The fourth-order valence-electron chi connectivity index (χ4n) is 1.50. The van der Waals surface area contributed by atoms with Gasteiger partial charge < -0.3 is 0 Å². The molecule has 0 saturated carbocycles. The zero-order chi connectivity index (χ0) is 13.1. The van der Waals surface area contributed by atoms with Gasteiger partial charge in [0.15, 0.2) is 12.1 Å². The topological polar surface area (TPSA) is 86.0 Å². The maximum atomic E-state index is 10.7. The van der Waals surface area contributed by atoms with E-state index in [9.17, 15) is 14.9 Å². The van der Waals surface area contributed by atoms with Crippen LogP contribution >= 0.6 is 0 Å². The molecule has 2 rings (SSSR count). The van der Waals surface area contributed by atoms with Gasteiger partial charge in [-0.3, -0.25) is 14.9 Å². The summed E-state index contributed by atoms with van der Waals surface area (Å²) in [6.07, 6.45) is 3.41. The molecule has 0 aliphatic carbocycles. The van der Waals surface area contributed by atoms with Crippen molar-refractivity contribution < 1.29 is 9.72 Å². The Morgan fingerprint density at radius 3 is 2.50 bits per heavy atom. The second-order valence-corrected chi connectivity index (χ2v) is 3.71. The molecule has 1 aromatic carbocycles. The van der Waals surface area contributed by atoms with Gasteiger partial charge in [0.25, 0.3) is 5.69 Å². The SMILES string of the molecule is Cc1ccc([N+](=O)[O-])cc1-c1ncc(C=O)cn1. The number of nitrogens with zero attached hydrogens (tertiary/aromatic N) is 3. The van der Waals surface area contributed by atoms with E-state index >= 15 is 0 Å². The van der Waals surface area contributed by atoms with Gasteiger partial charge in [0.2, 0.25) is 0 Å². The average Bonchev–Trinajstić information content (AvgIpc) is 2.39. The highest BCUT2D eigenvalue weighted by Crippen LogP contribution is 2.24. The van der Waals surface area contributed by atoms with Gasteiger partial charge in [-0.2, -0.15) is 0 Å². The van der Waals surface area contributed by atoms with Crippen LogP contribution in [-0.2, 0) is 0 Å². The summed E-state index contributed by atoms with van der Waals surface area (Å²) in [4.78, 5) is 28.8. The Hall–Kier alpha value is -2.63. The lowest BCUT2D eigenvalue weighted by molar-refractivity contribution is -0.384. The van der Waals surface area contributed by atoms with Crippen molar-refractivity contribution in [2.45, 2.75) is 6.92 Å². The van der Waals surface area contributed by atoms with Crippen molar-refractivity contribution in [3.05, 3.63) is 51.8 Å². The summed E-state index contributed by atoms with van der Waals surface area (Å²) in [5, 5.41) is 10.7. The summed E-state index contributed by atoms with van der Waals surface area (Å²) in [6, 6.07) is 4.49. The zero-order valence-corrected chi connectivity index (χ0v) is 9.53. The number of rotatable bonds is 3. The molecule has 0 N–H and O–H groups in total. The number of non-ortho nitro benzene ring substituents is 1. The van der Waals surface area contributed by atoms with Gasteiger partial charge in [-0.25, -0.2) is 9.97 Å². The van der Waals surface area contributed by atoms with E-state index in [-0.39, 0.29) is 5.69 Å². The summed E-state index contributed by atoms with van der Waals surface area (Å²) in [5.41, 5.74) is 1.77. The standard InChI is InChI=1S/C12H9N3O3/c1-8-2-3-10(15(17)18)4-11(8)12-13-5-9(7-16)6-14-12/h2-7H,1H3. The third-order valence-electron chi connectivity index (χ3n) is 2.48. The lowest BCUT2D eigenvalue weighted by Gasteiger charge is -2.04. The zero-order valence-electron chi connectivity index (χ0n) is 9.53. The van der Waals surface area contributed by atoms with Gasteiger partial charge in [-0.05, 0) is 12.5 Å². The Morgan fingerprint density at radius 2 is 1.94 bits per heavy atom. The number of hydrogen-bond donors (Lipinski definition) is 0. The van der Waals surface area contributed by atoms with Crippen molar-refractivity contribution in [3.8, 4) is 11.4 Å². The van der Waals surface area contributed by atoms with Crippen LogP contribution in [-0.4, -0.2) is 21.2 Å². The van der Waals surface area contributed by atoms with Crippen LogP contribution < -0.4 is 0 Å². The molecule has 0 aliphatic rings. The van der Waals surface area contributed by atoms with Crippen molar-refractivity contribution in [1.82, 2.24) is 9.97 Å². The van der Waals surface area contributed by atoms with E-state index in [1.165, 1.54) is 24.5 Å². The summed E-state index contributed by atoms with van der Waals surface area (Å²) >= 11 is 0. The van der Waals surface area contributed by atoms with Crippen molar-refractivity contribution in [2.24, 2.45) is 0 Å². The molecule has 6 heteroatoms. The average molecular weight is 243 g/mol. The summed E-state index contributed by atoms with van der Waals surface area (Å²) in [7, 11) is 0. The number of hydrogen-bond acceptors (Lipinski definition) is 5. The second kappa shape index (κ2) is 4.70. The molecular weight excluding hydrogens is 234 g/mol. The lowest BCUT2D eigenvalue weighted by Crippen LogP contribution is -1.95. The molecular formula is C12H9N3O3. The van der Waals surface area contributed by atoms with Crippen LogP contribution in [0.25, 0.3) is 11.4 Å². The Morgan fingerprint density at radius 1 is 1.28 bits per heavy atom. The molecule has 0 saturated heterocycles. The van der Waals surface area contributed by atoms with Crippen LogP contribution in [0.2, 0.25) is 0 Å². The van der Waals surface area contributed by atoms with Crippen LogP contribution in [0.5, 0.6) is 0 Å². The van der Waals surface area contributed by atoms with Crippen LogP contribution in [0, 0.1) is 17.0 Å². The summed E-state index contributed by atoms with van der Waals surface area (Å²) in [5.74, 6) is 0.363. The molecule has 1 aromatic heterocycles. The predicted molar refractivity (Wildman–Crippen MR) is 64.2 cm³/mol. The van der Waals surface area contributed by atoms with Gasteiger partial charge in [-0.1, -0.05) is 6.07 Å². The van der Waals surface area contributed by atoms with E-state index in [0.29, 0.717) is 23.2 Å². The lowest BCUT2D eigenvalue weighted by atomic mass is 10.1. The van der Waals surface area contributed by atoms with Gasteiger partial charge in [0.1, 0.15) is 0 Å². The number of aldehydes is 1. The van der Waals surface area contributed by atoms with E-state index in [4.69, 9.17) is 0 Å². The molecule has 0 radical (unpaired) electrons. The largest absolute Gasteiger partial charge is 0.298 e. The number of nitro benzene ring substituents is 1. The molecule has 6 nitrogen and oxygen atoms in total. The smallest absolute Gasteiger partial charge is 0.270 e. The highest BCUT2D eigenvalue weighted by atomic mass is 16.6. The van der Waals surface area contributed by atoms with Gasteiger partial charge in [0.05, 0.1) is 10.5 Å². The van der Waals surface area contributed by atoms with E-state index in [0.717, 1.165) is 5.56 Å². The third-order valence-corrected chi connectivity index (χ3v) is 2.48. The highest BCUT2D eigenvalue weighted by Gasteiger charge is 2.11. The maximum Gasteiger partial charge on any atom is 0.270 e. The second-order valence-electron chi connectivity index (χ2n) is 3.71. The van der Waals surface area contributed by atoms with Crippen molar-refractivity contribution >= 4 is 12.0 Å².